The van der Waals surface area contributed by atoms with E-state index in [1.165, 1.54) is 0 Å². The molecule has 2 amide bonds. The van der Waals surface area contributed by atoms with E-state index in [1.807, 2.05) is 13.8 Å². The van der Waals surface area contributed by atoms with Crippen LogP contribution in [0.25, 0.3) is 0 Å². The van der Waals surface area contributed by atoms with Gasteiger partial charge in [-0.25, -0.2) is 0 Å². The third-order valence-electron chi connectivity index (χ3n) is 4.91. The molecule has 24 heavy (non-hydrogen) atoms. The van der Waals surface area contributed by atoms with Gasteiger partial charge >= 0.3 is 5.97 Å². The van der Waals surface area contributed by atoms with Crippen molar-refractivity contribution < 1.29 is 19.5 Å². The van der Waals surface area contributed by atoms with Crippen molar-refractivity contribution in [1.29, 1.82) is 0 Å². The number of carbonyl (C=O) groups is 3. The predicted octanol–water partition coefficient (Wildman–Crippen LogP) is 2.36. The molecule has 0 unspecified atom stereocenters. The smallest absolute Gasteiger partial charge is 0.305 e. The largest absolute Gasteiger partial charge is 0.481 e. The number of amides is 2. The predicted molar refractivity (Wildman–Crippen MR) is 91.2 cm³/mol. The zero-order chi connectivity index (χ0) is 17.9. The number of nitrogens with one attached hydrogen (secondary N) is 1. The summed E-state index contributed by atoms with van der Waals surface area (Å²) in [6.07, 6.45) is 2.03. The molecular formula is C18H24N2O4. The Morgan fingerprint density at radius 1 is 1.25 bits per heavy atom. The number of nitrogens with zero attached hydrogens (tertiary/aromatic N) is 1. The summed E-state index contributed by atoms with van der Waals surface area (Å²) in [7, 11) is 1.73. The van der Waals surface area contributed by atoms with Crippen molar-refractivity contribution in [2.45, 2.75) is 51.5 Å². The molecule has 0 saturated heterocycles. The summed E-state index contributed by atoms with van der Waals surface area (Å²) in [4.78, 5) is 37.1. The molecule has 0 radical (unpaired) electrons. The van der Waals surface area contributed by atoms with Crippen LogP contribution in [0.1, 0.15) is 55.5 Å². The molecular weight excluding hydrogens is 308 g/mol. The van der Waals surface area contributed by atoms with Crippen molar-refractivity contribution in [2.24, 2.45) is 0 Å². The van der Waals surface area contributed by atoms with Crippen LogP contribution in [0.3, 0.4) is 0 Å². The summed E-state index contributed by atoms with van der Waals surface area (Å²) in [6, 6.07) is 5.25. The van der Waals surface area contributed by atoms with Gasteiger partial charge in [0.1, 0.15) is 0 Å². The number of rotatable bonds is 6. The molecule has 6 heteroatoms. The van der Waals surface area contributed by atoms with Gasteiger partial charge in [-0.3, -0.25) is 14.4 Å². The lowest BCUT2D eigenvalue weighted by Gasteiger charge is -2.32. The molecule has 1 heterocycles. The van der Waals surface area contributed by atoms with Gasteiger partial charge in [0.2, 0.25) is 5.91 Å². The molecule has 1 aliphatic heterocycles. The maximum absolute atomic E-state index is 12.6. The first kappa shape index (κ1) is 18.0. The Morgan fingerprint density at radius 2 is 1.92 bits per heavy atom. The summed E-state index contributed by atoms with van der Waals surface area (Å²) in [5.41, 5.74) is 1.53. The average Bonchev–Trinajstić information content (AvgIpc) is 2.56. The lowest BCUT2D eigenvalue weighted by molar-refractivity contribution is -0.138. The van der Waals surface area contributed by atoms with Gasteiger partial charge < -0.3 is 15.3 Å². The van der Waals surface area contributed by atoms with Crippen LogP contribution in [0.5, 0.6) is 0 Å². The van der Waals surface area contributed by atoms with Crippen LogP contribution in [0.2, 0.25) is 0 Å². The highest BCUT2D eigenvalue weighted by molar-refractivity contribution is 5.99. The van der Waals surface area contributed by atoms with Crippen molar-refractivity contribution in [1.82, 2.24) is 5.32 Å². The SMILES string of the molecule is CCC(CC)(CC(=O)O)NC(=O)c1ccc2c(c1)CCC(=O)N2C. The standard InChI is InChI=1S/C18H24N2O4/c1-4-18(5-2,11-16(22)23)19-17(24)13-6-8-14-12(10-13)7-9-15(21)20(14)3/h6,8,10H,4-5,7,9,11H2,1-3H3,(H,19,24)(H,22,23). The van der Waals surface area contributed by atoms with Crippen LogP contribution < -0.4 is 10.2 Å². The zero-order valence-corrected chi connectivity index (χ0v) is 14.4. The van der Waals surface area contributed by atoms with E-state index in [0.717, 1.165) is 11.3 Å². The number of carboxylic acids is 1. The molecule has 0 atom stereocenters. The maximum atomic E-state index is 12.6. The minimum absolute atomic E-state index is 0.0668. The fourth-order valence-electron chi connectivity index (χ4n) is 3.12. The Bertz CT molecular complexity index is 665. The minimum Gasteiger partial charge on any atom is -0.481 e. The van der Waals surface area contributed by atoms with Crippen LogP contribution >= 0.6 is 0 Å². The van der Waals surface area contributed by atoms with E-state index >= 15 is 0 Å². The molecule has 1 aliphatic rings. The average molecular weight is 332 g/mol. The number of aliphatic carboxylic acids is 1. The van der Waals surface area contributed by atoms with Gasteiger partial charge in [0.15, 0.2) is 0 Å². The van der Waals surface area contributed by atoms with E-state index in [9.17, 15) is 14.4 Å². The first-order valence-corrected chi connectivity index (χ1v) is 8.25. The molecule has 0 fully saturated rings. The molecule has 0 saturated carbocycles. The molecule has 2 N–H and O–H groups in total. The van der Waals surface area contributed by atoms with Gasteiger partial charge in [-0.2, -0.15) is 0 Å². The highest BCUT2D eigenvalue weighted by Gasteiger charge is 2.31. The first-order valence-electron chi connectivity index (χ1n) is 8.25. The second-order valence-corrected chi connectivity index (χ2v) is 6.31. The number of fused-ring (bicyclic) bond motifs is 1. The lowest BCUT2D eigenvalue weighted by atomic mass is 9.88. The first-order chi connectivity index (χ1) is 11.3. The van der Waals surface area contributed by atoms with E-state index < -0.39 is 11.5 Å². The van der Waals surface area contributed by atoms with Crippen molar-refractivity contribution in [2.75, 3.05) is 11.9 Å². The maximum Gasteiger partial charge on any atom is 0.305 e. The second kappa shape index (κ2) is 7.03. The fourth-order valence-corrected chi connectivity index (χ4v) is 3.12. The van der Waals surface area contributed by atoms with Crippen LogP contribution in [-0.4, -0.2) is 35.5 Å². The fraction of sp³-hybridized carbons (Fsp3) is 0.500. The van der Waals surface area contributed by atoms with Gasteiger partial charge in [0, 0.05) is 24.7 Å². The third kappa shape index (κ3) is 3.58. The lowest BCUT2D eigenvalue weighted by Crippen LogP contribution is -2.49. The summed E-state index contributed by atoms with van der Waals surface area (Å²) in [6.45, 7) is 3.75. The Morgan fingerprint density at radius 3 is 2.50 bits per heavy atom. The van der Waals surface area contributed by atoms with Gasteiger partial charge in [0.25, 0.3) is 5.91 Å². The van der Waals surface area contributed by atoms with Crippen molar-refractivity contribution in [3.63, 3.8) is 0 Å². The molecule has 0 spiro atoms. The zero-order valence-electron chi connectivity index (χ0n) is 14.4. The number of benzene rings is 1. The number of hydrogen-bond donors (Lipinski definition) is 2. The molecule has 6 nitrogen and oxygen atoms in total. The summed E-state index contributed by atoms with van der Waals surface area (Å²) < 4.78 is 0. The highest BCUT2D eigenvalue weighted by Crippen LogP contribution is 2.28. The van der Waals surface area contributed by atoms with E-state index in [1.54, 1.807) is 30.1 Å². The normalized spacial score (nSPS) is 14.3. The number of aryl methyl sites for hydroxylation is 1. The Labute approximate surface area is 141 Å². The van der Waals surface area contributed by atoms with E-state index in [2.05, 4.69) is 5.32 Å². The van der Waals surface area contributed by atoms with Gasteiger partial charge in [0.05, 0.1) is 12.0 Å². The van der Waals surface area contributed by atoms with Crippen molar-refractivity contribution in [3.8, 4) is 0 Å². The van der Waals surface area contributed by atoms with Gasteiger partial charge in [-0.05, 0) is 43.0 Å². The van der Waals surface area contributed by atoms with E-state index in [0.29, 0.717) is 31.2 Å². The number of carbonyl (C=O) groups excluding carboxylic acids is 2. The Hall–Kier alpha value is -2.37. The molecule has 0 bridgehead atoms. The molecule has 130 valence electrons. The third-order valence-corrected chi connectivity index (χ3v) is 4.91. The number of carboxylic acid groups (broad SMARTS) is 1. The summed E-state index contributed by atoms with van der Waals surface area (Å²) >= 11 is 0. The number of anilines is 1. The molecule has 0 aromatic heterocycles. The van der Waals surface area contributed by atoms with E-state index in [-0.39, 0.29) is 18.2 Å². The topological polar surface area (TPSA) is 86.7 Å². The van der Waals surface area contributed by atoms with Crippen LogP contribution in [0.15, 0.2) is 18.2 Å². The van der Waals surface area contributed by atoms with Gasteiger partial charge in [-0.1, -0.05) is 13.8 Å². The number of hydrogen-bond acceptors (Lipinski definition) is 3. The summed E-state index contributed by atoms with van der Waals surface area (Å²) in [5.74, 6) is -1.14. The molecule has 1 aromatic rings. The quantitative estimate of drug-likeness (QED) is 0.837. The Balaban J connectivity index is 2.24. The second-order valence-electron chi connectivity index (χ2n) is 6.31. The van der Waals surface area contributed by atoms with Crippen molar-refractivity contribution >= 4 is 23.5 Å². The molecule has 1 aromatic carbocycles. The molecule has 0 aliphatic carbocycles. The molecule has 2 rings (SSSR count). The Kier molecular flexibility index (Phi) is 5.26. The monoisotopic (exact) mass is 332 g/mol. The van der Waals surface area contributed by atoms with Crippen molar-refractivity contribution in [3.05, 3.63) is 29.3 Å². The summed E-state index contributed by atoms with van der Waals surface area (Å²) in [5, 5.41) is 12.0. The van der Waals surface area contributed by atoms with Gasteiger partial charge in [-0.15, -0.1) is 0 Å². The minimum atomic E-state index is -0.926. The van der Waals surface area contributed by atoms with E-state index in [4.69, 9.17) is 5.11 Å². The van der Waals surface area contributed by atoms with Crippen LogP contribution in [-0.2, 0) is 16.0 Å². The van der Waals surface area contributed by atoms with Crippen LogP contribution in [0, 0.1) is 0 Å². The van der Waals surface area contributed by atoms with Crippen LogP contribution in [0.4, 0.5) is 5.69 Å². The highest BCUT2D eigenvalue weighted by atomic mass is 16.4.